The van der Waals surface area contributed by atoms with E-state index >= 15 is 0 Å². The Morgan fingerprint density at radius 2 is 2.00 bits per heavy atom. The summed E-state index contributed by atoms with van der Waals surface area (Å²) in [5, 5.41) is 10.3. The number of nitrogens with zero attached hydrogens (tertiary/aromatic N) is 2. The molecule has 0 spiro atoms. The van der Waals surface area contributed by atoms with Crippen LogP contribution in [0.3, 0.4) is 0 Å². The molecule has 6 heteroatoms. The van der Waals surface area contributed by atoms with E-state index in [1.165, 1.54) is 41.8 Å². The molecule has 22 heavy (non-hydrogen) atoms. The molecule has 0 radical (unpaired) electrons. The maximum atomic E-state index is 12.9. The second-order valence-electron chi connectivity index (χ2n) is 5.54. The molecule has 1 atom stereocenters. The van der Waals surface area contributed by atoms with Crippen LogP contribution in [0.4, 0.5) is 4.39 Å². The molecule has 0 bridgehead atoms. The zero-order valence-electron chi connectivity index (χ0n) is 12.6. The highest BCUT2D eigenvalue weighted by atomic mass is 32.1. The monoisotopic (exact) mass is 322 g/mol. The molecule has 1 unspecified atom stereocenters. The smallest absolute Gasteiger partial charge is 0.265 e. The summed E-state index contributed by atoms with van der Waals surface area (Å²) in [6, 6.07) is 5.67. The van der Waals surface area contributed by atoms with Crippen LogP contribution in [0.25, 0.3) is 0 Å². The van der Waals surface area contributed by atoms with E-state index in [1.54, 1.807) is 10.4 Å². The van der Waals surface area contributed by atoms with Crippen molar-refractivity contribution >= 4 is 17.2 Å². The molecule has 1 heterocycles. The van der Waals surface area contributed by atoms with Crippen molar-refractivity contribution in [3.8, 4) is 0 Å². The Hall–Kier alpha value is -1.79. The number of halogens is 1. The van der Waals surface area contributed by atoms with E-state index in [1.807, 2.05) is 13.8 Å². The van der Waals surface area contributed by atoms with Crippen LogP contribution in [0.5, 0.6) is 0 Å². The predicted octanol–water partition coefficient (Wildman–Crippen LogP) is 3.11. The minimum atomic E-state index is -0.851. The molecular formula is C16H19FN2O2S. The van der Waals surface area contributed by atoms with E-state index in [0.717, 1.165) is 0 Å². The average Bonchev–Trinajstić information content (AvgIpc) is 3.00. The Labute approximate surface area is 133 Å². The summed E-state index contributed by atoms with van der Waals surface area (Å²) in [6.45, 7) is 4.73. The molecule has 0 aliphatic rings. The van der Waals surface area contributed by atoms with Crippen molar-refractivity contribution in [2.75, 3.05) is 13.1 Å². The Morgan fingerprint density at radius 1 is 1.32 bits per heavy atom. The lowest BCUT2D eigenvalue weighted by molar-refractivity contribution is 0.0599. The number of hydrogen-bond acceptors (Lipinski definition) is 4. The van der Waals surface area contributed by atoms with Crippen LogP contribution >= 0.6 is 11.3 Å². The van der Waals surface area contributed by atoms with Crippen molar-refractivity contribution in [3.63, 3.8) is 0 Å². The number of aromatic nitrogens is 1. The molecule has 1 N–H and O–H groups in total. The second-order valence-corrected chi connectivity index (χ2v) is 6.42. The zero-order valence-corrected chi connectivity index (χ0v) is 13.4. The van der Waals surface area contributed by atoms with Crippen LogP contribution < -0.4 is 0 Å². The van der Waals surface area contributed by atoms with Gasteiger partial charge in [-0.25, -0.2) is 4.39 Å². The number of aliphatic hydroxyl groups is 1. The molecule has 0 saturated heterocycles. The quantitative estimate of drug-likeness (QED) is 0.889. The Kier molecular flexibility index (Phi) is 5.63. The number of rotatable bonds is 6. The summed E-state index contributed by atoms with van der Waals surface area (Å²) < 4.78 is 12.9. The van der Waals surface area contributed by atoms with Crippen LogP contribution in [0.1, 0.15) is 35.2 Å². The van der Waals surface area contributed by atoms with Crippen molar-refractivity contribution in [2.45, 2.75) is 20.0 Å². The van der Waals surface area contributed by atoms with E-state index < -0.39 is 6.10 Å². The largest absolute Gasteiger partial charge is 0.387 e. The van der Waals surface area contributed by atoms with Crippen LogP contribution in [-0.4, -0.2) is 34.0 Å². The molecule has 0 saturated carbocycles. The number of hydrogen-bond donors (Lipinski definition) is 1. The Morgan fingerprint density at radius 3 is 2.55 bits per heavy atom. The minimum Gasteiger partial charge on any atom is -0.387 e. The number of carbonyl (C=O) groups is 1. The van der Waals surface area contributed by atoms with Crippen molar-refractivity contribution in [1.29, 1.82) is 0 Å². The highest BCUT2D eigenvalue weighted by molar-refractivity contribution is 7.11. The Bertz CT molecular complexity index is 599. The zero-order chi connectivity index (χ0) is 16.1. The van der Waals surface area contributed by atoms with Crippen molar-refractivity contribution in [1.82, 2.24) is 9.88 Å². The van der Waals surface area contributed by atoms with E-state index in [-0.39, 0.29) is 24.2 Å². The van der Waals surface area contributed by atoms with Crippen molar-refractivity contribution < 1.29 is 14.3 Å². The van der Waals surface area contributed by atoms with Gasteiger partial charge < -0.3 is 10.0 Å². The summed E-state index contributed by atoms with van der Waals surface area (Å²) in [5.74, 6) is -0.217. The SMILES string of the molecule is CC(C)CN(CC(O)c1ccc(F)cc1)C(=O)c1cncs1. The van der Waals surface area contributed by atoms with Gasteiger partial charge in [-0.05, 0) is 23.6 Å². The standard InChI is InChI=1S/C16H19FN2O2S/c1-11(2)8-19(16(21)15-7-18-10-22-15)9-14(20)12-3-5-13(17)6-4-12/h3-7,10-11,14,20H,8-9H2,1-2H3. The van der Waals surface area contributed by atoms with E-state index in [9.17, 15) is 14.3 Å². The maximum absolute atomic E-state index is 12.9. The molecule has 118 valence electrons. The number of benzene rings is 1. The second kappa shape index (κ2) is 7.47. The topological polar surface area (TPSA) is 53.4 Å². The number of thiazole rings is 1. The third-order valence-electron chi connectivity index (χ3n) is 3.16. The van der Waals surface area contributed by atoms with Gasteiger partial charge >= 0.3 is 0 Å². The van der Waals surface area contributed by atoms with E-state index in [2.05, 4.69) is 4.98 Å². The molecule has 0 aliphatic heterocycles. The lowest BCUT2D eigenvalue weighted by atomic mass is 10.1. The van der Waals surface area contributed by atoms with Gasteiger partial charge in [0.15, 0.2) is 0 Å². The van der Waals surface area contributed by atoms with Gasteiger partial charge in [-0.15, -0.1) is 11.3 Å². The lowest BCUT2D eigenvalue weighted by Gasteiger charge is -2.26. The predicted molar refractivity (Wildman–Crippen MR) is 84.2 cm³/mol. The fourth-order valence-electron chi connectivity index (χ4n) is 2.16. The van der Waals surface area contributed by atoms with Crippen molar-refractivity contribution in [3.05, 3.63) is 52.2 Å². The lowest BCUT2D eigenvalue weighted by Crippen LogP contribution is -2.37. The van der Waals surface area contributed by atoms with Gasteiger partial charge in [-0.1, -0.05) is 26.0 Å². The Balaban J connectivity index is 2.12. The molecule has 0 fully saturated rings. The summed E-state index contributed by atoms with van der Waals surface area (Å²) in [4.78, 5) is 18.6. The summed E-state index contributed by atoms with van der Waals surface area (Å²) in [6.07, 6.45) is 0.682. The van der Waals surface area contributed by atoms with Gasteiger partial charge in [0.25, 0.3) is 5.91 Å². The fourth-order valence-corrected chi connectivity index (χ4v) is 2.74. The van der Waals surface area contributed by atoms with Gasteiger partial charge in [-0.3, -0.25) is 9.78 Å². The maximum Gasteiger partial charge on any atom is 0.265 e. The van der Waals surface area contributed by atoms with Crippen LogP contribution in [-0.2, 0) is 0 Å². The van der Waals surface area contributed by atoms with Gasteiger partial charge in [-0.2, -0.15) is 0 Å². The van der Waals surface area contributed by atoms with Crippen LogP contribution in [0, 0.1) is 11.7 Å². The van der Waals surface area contributed by atoms with E-state index in [0.29, 0.717) is 17.0 Å². The molecular weight excluding hydrogens is 303 g/mol. The molecule has 1 aromatic heterocycles. The third kappa shape index (κ3) is 4.35. The van der Waals surface area contributed by atoms with Gasteiger partial charge in [0.1, 0.15) is 10.7 Å². The van der Waals surface area contributed by atoms with Crippen LogP contribution in [0.2, 0.25) is 0 Å². The third-order valence-corrected chi connectivity index (χ3v) is 3.93. The normalized spacial score (nSPS) is 12.4. The van der Waals surface area contributed by atoms with Gasteiger partial charge in [0, 0.05) is 6.54 Å². The van der Waals surface area contributed by atoms with Crippen LogP contribution in [0.15, 0.2) is 36.0 Å². The number of aliphatic hydroxyl groups excluding tert-OH is 1. The molecule has 0 aliphatic carbocycles. The summed E-state index contributed by atoms with van der Waals surface area (Å²) >= 11 is 1.28. The molecule has 4 nitrogen and oxygen atoms in total. The first kappa shape index (κ1) is 16.6. The number of amides is 1. The van der Waals surface area contributed by atoms with Gasteiger partial charge in [0.2, 0.25) is 0 Å². The average molecular weight is 322 g/mol. The van der Waals surface area contributed by atoms with Crippen molar-refractivity contribution in [2.24, 2.45) is 5.92 Å². The molecule has 2 aromatic rings. The molecule has 1 aromatic carbocycles. The number of carbonyl (C=O) groups excluding carboxylic acids is 1. The summed E-state index contributed by atoms with van der Waals surface area (Å²) in [5.41, 5.74) is 2.20. The first-order valence-corrected chi connectivity index (χ1v) is 7.96. The highest BCUT2D eigenvalue weighted by Gasteiger charge is 2.22. The minimum absolute atomic E-state index is 0.141. The first-order valence-electron chi connectivity index (χ1n) is 7.08. The fraction of sp³-hybridized carbons (Fsp3) is 0.375. The van der Waals surface area contributed by atoms with Gasteiger partial charge in [0.05, 0.1) is 24.4 Å². The van der Waals surface area contributed by atoms with E-state index in [4.69, 9.17) is 0 Å². The highest BCUT2D eigenvalue weighted by Crippen LogP contribution is 2.18. The summed E-state index contributed by atoms with van der Waals surface area (Å²) in [7, 11) is 0. The molecule has 2 rings (SSSR count). The first-order chi connectivity index (χ1) is 10.5. The molecule has 1 amide bonds.